The first kappa shape index (κ1) is 20.4. The number of fused-ring (bicyclic) bond motifs is 1. The first-order valence-electron chi connectivity index (χ1n) is 10.2. The molecule has 0 radical (unpaired) electrons. The second kappa shape index (κ2) is 9.26. The highest BCUT2D eigenvalue weighted by Gasteiger charge is 2.44. The van der Waals surface area contributed by atoms with Crippen LogP contribution in [0.2, 0.25) is 0 Å². The molecule has 0 saturated heterocycles. The molecule has 1 aliphatic rings. The van der Waals surface area contributed by atoms with Gasteiger partial charge in [-0.3, -0.25) is 9.59 Å². The van der Waals surface area contributed by atoms with E-state index in [2.05, 4.69) is 10.2 Å². The fourth-order valence-electron chi connectivity index (χ4n) is 3.93. The van der Waals surface area contributed by atoms with Crippen LogP contribution in [0.25, 0.3) is 0 Å². The summed E-state index contributed by atoms with van der Waals surface area (Å²) >= 11 is 0. The Bertz CT molecular complexity index is 1140. The van der Waals surface area contributed by atoms with E-state index in [0.29, 0.717) is 16.8 Å². The molecule has 3 aromatic carbocycles. The third kappa shape index (κ3) is 4.05. The number of benzene rings is 3. The minimum Gasteiger partial charge on any atom is -0.297 e. The number of rotatable bonds is 6. The summed E-state index contributed by atoms with van der Waals surface area (Å²) in [7, 11) is 0. The van der Waals surface area contributed by atoms with E-state index >= 15 is 0 Å². The molecular formula is C27H22N2O2. The van der Waals surface area contributed by atoms with Gasteiger partial charge in [0.1, 0.15) is 5.92 Å². The van der Waals surface area contributed by atoms with Crippen molar-refractivity contribution in [1.82, 2.24) is 0 Å². The van der Waals surface area contributed by atoms with Gasteiger partial charge in [-0.2, -0.15) is 10.2 Å². The summed E-state index contributed by atoms with van der Waals surface area (Å²) in [6, 6.07) is 26.3. The van der Waals surface area contributed by atoms with E-state index in [0.717, 1.165) is 11.1 Å². The van der Waals surface area contributed by atoms with E-state index in [9.17, 15) is 9.59 Å². The number of Topliss-reactive ketones (excluding diaryl/α,β-unsaturated/α-hetero) is 2. The van der Waals surface area contributed by atoms with Gasteiger partial charge in [-0.1, -0.05) is 91.0 Å². The van der Waals surface area contributed by atoms with Crippen LogP contribution in [0.4, 0.5) is 0 Å². The molecule has 0 bridgehead atoms. The molecule has 1 aliphatic carbocycles. The zero-order chi connectivity index (χ0) is 21.6. The van der Waals surface area contributed by atoms with Crippen molar-refractivity contribution in [2.24, 2.45) is 16.1 Å². The molecule has 0 N–H and O–H groups in total. The van der Waals surface area contributed by atoms with E-state index in [4.69, 9.17) is 0 Å². The summed E-state index contributed by atoms with van der Waals surface area (Å²) < 4.78 is 0. The van der Waals surface area contributed by atoms with Gasteiger partial charge in [0.15, 0.2) is 11.6 Å². The van der Waals surface area contributed by atoms with Crippen LogP contribution in [0.3, 0.4) is 0 Å². The van der Waals surface area contributed by atoms with Crippen molar-refractivity contribution in [1.29, 1.82) is 0 Å². The number of carbonyl (C=O) groups excluding carboxylic acids is 2. The number of carbonyl (C=O) groups is 2. The highest BCUT2D eigenvalue weighted by molar-refractivity contribution is 6.38. The van der Waals surface area contributed by atoms with Crippen LogP contribution in [0, 0.1) is 5.92 Å². The molecule has 3 aromatic rings. The zero-order valence-corrected chi connectivity index (χ0v) is 17.2. The van der Waals surface area contributed by atoms with Gasteiger partial charge in [0, 0.05) is 17.3 Å². The maximum atomic E-state index is 14.0. The van der Waals surface area contributed by atoms with Crippen LogP contribution < -0.4 is 0 Å². The van der Waals surface area contributed by atoms with E-state index < -0.39 is 11.8 Å². The highest BCUT2D eigenvalue weighted by Crippen LogP contribution is 2.35. The van der Waals surface area contributed by atoms with Gasteiger partial charge < -0.3 is 0 Å². The van der Waals surface area contributed by atoms with Crippen molar-refractivity contribution in [2.75, 3.05) is 0 Å². The molecule has 1 atom stereocenters. The summed E-state index contributed by atoms with van der Waals surface area (Å²) in [6.45, 7) is 1.88. The quantitative estimate of drug-likeness (QED) is 0.319. The molecule has 31 heavy (non-hydrogen) atoms. The third-order valence-electron chi connectivity index (χ3n) is 5.35. The third-order valence-corrected chi connectivity index (χ3v) is 5.35. The van der Waals surface area contributed by atoms with Gasteiger partial charge >= 0.3 is 0 Å². The first-order valence-corrected chi connectivity index (χ1v) is 10.2. The topological polar surface area (TPSA) is 58.9 Å². The molecule has 0 fully saturated rings. The maximum absolute atomic E-state index is 14.0. The fraction of sp³-hybridized carbons (Fsp3) is 0.111. The molecule has 0 heterocycles. The Hall–Kier alpha value is -3.92. The second-order valence-electron chi connectivity index (χ2n) is 7.28. The van der Waals surface area contributed by atoms with Gasteiger partial charge in [0.25, 0.3) is 0 Å². The Morgan fingerprint density at radius 2 is 1.39 bits per heavy atom. The van der Waals surface area contributed by atoms with Crippen molar-refractivity contribution in [2.45, 2.75) is 12.8 Å². The van der Waals surface area contributed by atoms with Gasteiger partial charge in [0.05, 0.1) is 11.6 Å². The van der Waals surface area contributed by atoms with Crippen LogP contribution in [0.5, 0.6) is 0 Å². The van der Waals surface area contributed by atoms with Crippen molar-refractivity contribution in [3.05, 3.63) is 119 Å². The highest BCUT2D eigenvalue weighted by atomic mass is 16.2. The average Bonchev–Trinajstić information content (AvgIpc) is 3.10. The van der Waals surface area contributed by atoms with E-state index in [1.54, 1.807) is 24.4 Å². The lowest BCUT2D eigenvalue weighted by atomic mass is 9.80. The van der Waals surface area contributed by atoms with Crippen LogP contribution >= 0.6 is 0 Å². The summed E-state index contributed by atoms with van der Waals surface area (Å²) in [5.74, 6) is -1.99. The lowest BCUT2D eigenvalue weighted by molar-refractivity contribution is -0.120. The molecule has 152 valence electrons. The van der Waals surface area contributed by atoms with Crippen molar-refractivity contribution in [3.63, 3.8) is 0 Å². The summed E-state index contributed by atoms with van der Waals surface area (Å²) in [6.07, 6.45) is 5.13. The lowest BCUT2D eigenvalue weighted by Gasteiger charge is -2.20. The van der Waals surface area contributed by atoms with Crippen LogP contribution in [0.1, 0.15) is 39.9 Å². The van der Waals surface area contributed by atoms with Gasteiger partial charge in [-0.25, -0.2) is 0 Å². The molecule has 4 rings (SSSR count). The second-order valence-corrected chi connectivity index (χ2v) is 7.28. The smallest absolute Gasteiger partial charge is 0.180 e. The van der Waals surface area contributed by atoms with E-state index in [-0.39, 0.29) is 11.6 Å². The lowest BCUT2D eigenvalue weighted by Crippen LogP contribution is -2.31. The largest absolute Gasteiger partial charge is 0.297 e. The predicted octanol–water partition coefficient (Wildman–Crippen LogP) is 5.25. The minimum atomic E-state index is -0.995. The Morgan fingerprint density at radius 3 is 1.97 bits per heavy atom. The number of nitrogens with zero attached hydrogens (tertiary/aromatic N) is 2. The summed E-state index contributed by atoms with van der Waals surface area (Å²) in [5, 5.41) is 8.40. The Balaban J connectivity index is 1.83. The maximum Gasteiger partial charge on any atom is 0.180 e. The average molecular weight is 406 g/mol. The molecule has 4 nitrogen and oxygen atoms in total. The van der Waals surface area contributed by atoms with Crippen molar-refractivity contribution in [3.8, 4) is 0 Å². The number of hydrogen-bond acceptors (Lipinski definition) is 4. The Morgan fingerprint density at radius 1 is 0.839 bits per heavy atom. The molecule has 1 unspecified atom stereocenters. The molecule has 0 aliphatic heterocycles. The van der Waals surface area contributed by atoms with Crippen molar-refractivity contribution >= 4 is 23.5 Å². The van der Waals surface area contributed by atoms with Crippen LogP contribution in [-0.4, -0.2) is 23.5 Å². The van der Waals surface area contributed by atoms with Crippen LogP contribution in [-0.2, 0) is 4.79 Å². The fourth-order valence-corrected chi connectivity index (χ4v) is 3.93. The molecular weight excluding hydrogens is 384 g/mol. The number of ketones is 2. The van der Waals surface area contributed by atoms with Crippen LogP contribution in [0.15, 0.2) is 107 Å². The van der Waals surface area contributed by atoms with Gasteiger partial charge in [-0.05, 0) is 24.1 Å². The molecule has 0 amide bonds. The predicted molar refractivity (Wildman–Crippen MR) is 124 cm³/mol. The van der Waals surface area contributed by atoms with Crippen molar-refractivity contribution < 1.29 is 9.59 Å². The molecule has 0 aromatic heterocycles. The van der Waals surface area contributed by atoms with Gasteiger partial charge in [0.2, 0.25) is 0 Å². The monoisotopic (exact) mass is 406 g/mol. The van der Waals surface area contributed by atoms with E-state index in [1.807, 2.05) is 85.8 Å². The first-order chi connectivity index (χ1) is 15.2. The summed E-state index contributed by atoms with van der Waals surface area (Å²) in [5.41, 5.74) is 3.28. The number of hydrogen-bond donors (Lipinski definition) is 0. The Labute approximate surface area is 181 Å². The van der Waals surface area contributed by atoms with Gasteiger partial charge in [-0.15, -0.1) is 0 Å². The molecule has 0 saturated carbocycles. The molecule has 0 spiro atoms. The van der Waals surface area contributed by atoms with E-state index in [1.165, 1.54) is 0 Å². The minimum absolute atomic E-state index is 0.196. The summed E-state index contributed by atoms with van der Waals surface area (Å²) in [4.78, 5) is 27.3. The SMILES string of the molecule is C/C=C/C=N/N=C1\c2ccccc2C(=O)C1C(=O)C(c1ccccc1)c1ccccc1. The standard InChI is InChI=1S/C27H22N2O2/c1-2-3-18-28-29-25-21-16-10-11-17-22(21)26(30)24(25)27(31)23(19-12-6-4-7-13-19)20-14-8-5-9-15-20/h2-18,23-24H,1H3/b3-2+,28-18+,29-25+. The zero-order valence-electron chi connectivity index (χ0n) is 17.2. The number of allylic oxidation sites excluding steroid dienone is 2. The Kier molecular flexibility index (Phi) is 6.08. The molecule has 4 heteroatoms. The normalized spacial score (nSPS) is 17.2.